The Bertz CT molecular complexity index is 2240. The molecule has 2 saturated heterocycles. The Morgan fingerprint density at radius 2 is 1.10 bits per heavy atom. The number of piperidine rings is 2. The minimum atomic E-state index is -0.0503. The molecule has 2 aliphatic rings. The summed E-state index contributed by atoms with van der Waals surface area (Å²) in [6, 6.07) is 46.1. The maximum absolute atomic E-state index is 13.9. The van der Waals surface area contributed by atoms with Crippen LogP contribution in [0.5, 0.6) is 17.2 Å². The van der Waals surface area contributed by atoms with Crippen molar-refractivity contribution in [3.8, 4) is 17.2 Å². The molecule has 5 aromatic rings. The minimum absolute atomic E-state index is 0.0503. The molecule has 68 heavy (non-hydrogen) atoms. The van der Waals surface area contributed by atoms with E-state index in [1.54, 1.807) is 33.5 Å². The van der Waals surface area contributed by atoms with Crippen LogP contribution < -0.4 is 19.5 Å². The van der Waals surface area contributed by atoms with Gasteiger partial charge in [-0.25, -0.2) is 0 Å². The zero-order valence-electron chi connectivity index (χ0n) is 41.7. The molecular formula is C60H78N4O4. The third-order valence-electron chi connectivity index (χ3n) is 13.1. The Kier molecular flexibility index (Phi) is 21.8. The molecule has 2 aliphatic heterocycles. The van der Waals surface area contributed by atoms with Crippen LogP contribution in [0.3, 0.4) is 0 Å². The van der Waals surface area contributed by atoms with Crippen LogP contribution in [0.1, 0.15) is 85.0 Å². The van der Waals surface area contributed by atoms with Crippen LogP contribution in [-0.2, 0) is 12.8 Å². The number of rotatable bonds is 22. The summed E-state index contributed by atoms with van der Waals surface area (Å²) in [5, 5.41) is 3.60. The van der Waals surface area contributed by atoms with E-state index in [-0.39, 0.29) is 5.91 Å². The molecule has 0 saturated carbocycles. The van der Waals surface area contributed by atoms with Gasteiger partial charge in [0.05, 0.1) is 21.3 Å². The summed E-state index contributed by atoms with van der Waals surface area (Å²) in [6.45, 7) is 14.6. The topological polar surface area (TPSA) is 66.5 Å². The molecule has 0 radical (unpaired) electrons. The smallest absolute Gasteiger partial charge is 0.254 e. The zero-order valence-corrected chi connectivity index (χ0v) is 41.7. The van der Waals surface area contributed by atoms with Gasteiger partial charge in [0.1, 0.15) is 0 Å². The number of carbonyl (C=O) groups is 1. The number of hydrogen-bond donors (Lipinski definition) is 1. The summed E-state index contributed by atoms with van der Waals surface area (Å²) in [5.41, 5.74) is 8.36. The molecule has 5 aromatic carbocycles. The third kappa shape index (κ3) is 17.4. The largest absolute Gasteiger partial charge is 0.493 e. The summed E-state index contributed by atoms with van der Waals surface area (Å²) in [5.74, 6) is 2.89. The minimum Gasteiger partial charge on any atom is -0.493 e. The maximum Gasteiger partial charge on any atom is 0.254 e. The summed E-state index contributed by atoms with van der Waals surface area (Å²) in [4.78, 5) is 21.1. The fourth-order valence-corrected chi connectivity index (χ4v) is 9.84. The monoisotopic (exact) mass is 919 g/mol. The van der Waals surface area contributed by atoms with Crippen LogP contribution in [0, 0.1) is 11.8 Å². The molecule has 1 N–H and O–H groups in total. The van der Waals surface area contributed by atoms with Crippen molar-refractivity contribution in [1.29, 1.82) is 0 Å². The molecule has 7 rings (SSSR count). The molecule has 8 heteroatoms. The van der Waals surface area contributed by atoms with Crippen LogP contribution in [0.4, 0.5) is 0 Å². The summed E-state index contributed by atoms with van der Waals surface area (Å²) in [6.07, 6.45) is 14.2. The lowest BCUT2D eigenvalue weighted by molar-refractivity contribution is 0.0757. The van der Waals surface area contributed by atoms with Crippen LogP contribution >= 0.6 is 0 Å². The molecule has 362 valence electrons. The Morgan fingerprint density at radius 1 is 0.632 bits per heavy atom. The van der Waals surface area contributed by atoms with E-state index in [2.05, 4.69) is 144 Å². The summed E-state index contributed by atoms with van der Waals surface area (Å²) < 4.78 is 16.5. The molecule has 2 unspecified atom stereocenters. The number of amides is 1. The number of likely N-dealkylation sites (tertiary alicyclic amines) is 2. The highest BCUT2D eigenvalue weighted by Gasteiger charge is 2.24. The molecule has 0 aromatic heterocycles. The van der Waals surface area contributed by atoms with Gasteiger partial charge in [-0.2, -0.15) is 0 Å². The van der Waals surface area contributed by atoms with E-state index < -0.39 is 0 Å². The number of methoxy groups -OCH3 is 3. The quantitative estimate of drug-likeness (QED) is 0.0694. The van der Waals surface area contributed by atoms with Crippen molar-refractivity contribution in [3.63, 3.8) is 0 Å². The summed E-state index contributed by atoms with van der Waals surface area (Å²) >= 11 is 0. The summed E-state index contributed by atoms with van der Waals surface area (Å²) in [7, 11) is 4.70. The SMILES string of the molecule is C/C(=C\c1ccccc1)CNCCCN1CCCC(Cc2ccccc2)C1.COc1cc(C(=O)N(CCCN2CCCC(Cc3ccccc3)C2)C/C(C)=C/c2ccccc2)cc(OC)c1OC. The lowest BCUT2D eigenvalue weighted by atomic mass is 9.91. The van der Waals surface area contributed by atoms with Crippen molar-refractivity contribution >= 4 is 18.1 Å². The van der Waals surface area contributed by atoms with Crippen molar-refractivity contribution < 1.29 is 19.0 Å². The second-order valence-corrected chi connectivity index (χ2v) is 18.8. The lowest BCUT2D eigenvalue weighted by Gasteiger charge is -2.33. The Morgan fingerprint density at radius 3 is 1.59 bits per heavy atom. The number of hydrogen-bond acceptors (Lipinski definition) is 7. The third-order valence-corrected chi connectivity index (χ3v) is 13.1. The predicted octanol–water partition coefficient (Wildman–Crippen LogP) is 11.6. The molecule has 0 bridgehead atoms. The van der Waals surface area contributed by atoms with E-state index in [0.717, 1.165) is 62.6 Å². The zero-order chi connectivity index (χ0) is 47.8. The van der Waals surface area contributed by atoms with Gasteiger partial charge in [0.15, 0.2) is 11.5 Å². The molecule has 8 nitrogen and oxygen atoms in total. The number of ether oxygens (including phenoxy) is 3. The Hall–Kier alpha value is -5.67. The highest BCUT2D eigenvalue weighted by molar-refractivity contribution is 5.96. The molecule has 2 atom stereocenters. The van der Waals surface area contributed by atoms with Gasteiger partial charge in [-0.1, -0.05) is 145 Å². The van der Waals surface area contributed by atoms with Crippen molar-refractivity contribution in [1.82, 2.24) is 20.0 Å². The fourth-order valence-electron chi connectivity index (χ4n) is 9.84. The van der Waals surface area contributed by atoms with Gasteiger partial charge in [0.2, 0.25) is 5.75 Å². The van der Waals surface area contributed by atoms with Crippen LogP contribution in [0.2, 0.25) is 0 Å². The van der Waals surface area contributed by atoms with Gasteiger partial charge in [0, 0.05) is 38.3 Å². The number of carbonyl (C=O) groups excluding carboxylic acids is 1. The molecule has 0 spiro atoms. The van der Waals surface area contributed by atoms with Gasteiger partial charge in [-0.3, -0.25) is 4.79 Å². The average Bonchev–Trinajstić information content (AvgIpc) is 3.37. The standard InChI is InChI=1S/C35H44N2O4.C25H34N2/c1-27(21-28-13-7-5-8-14-28)25-37(35(38)31-23-32(39-2)34(41-4)33(24-31)40-3)20-12-19-36-18-11-17-30(26-36)22-29-15-9-6-10-16-29;1-22(18-23-10-4-2-5-11-23)20-26-15-9-17-27-16-8-14-25(21-27)19-24-12-6-3-7-13-24/h5-10,13-16,21,23-24,30H,11-12,17-20,22,25-26H2,1-4H3;2-7,10-13,18,25-26H,8-9,14-17,19-21H2,1H3/b27-21+;22-18+. The van der Waals surface area contributed by atoms with Gasteiger partial charge in [-0.15, -0.1) is 0 Å². The Labute approximate surface area is 409 Å². The van der Waals surface area contributed by atoms with E-state index in [9.17, 15) is 4.79 Å². The number of nitrogens with zero attached hydrogens (tertiary/aromatic N) is 3. The number of benzene rings is 5. The first-order valence-corrected chi connectivity index (χ1v) is 25.1. The normalized spacial score (nSPS) is 16.9. The van der Waals surface area contributed by atoms with Gasteiger partial charge >= 0.3 is 0 Å². The van der Waals surface area contributed by atoms with Gasteiger partial charge in [-0.05, 0) is 144 Å². The average molecular weight is 919 g/mol. The van der Waals surface area contributed by atoms with Crippen LogP contribution in [-0.4, -0.2) is 107 Å². The highest BCUT2D eigenvalue weighted by Crippen LogP contribution is 2.38. The maximum atomic E-state index is 13.9. The van der Waals surface area contributed by atoms with E-state index in [1.807, 2.05) is 23.1 Å². The van der Waals surface area contributed by atoms with Crippen molar-refractivity contribution in [3.05, 3.63) is 172 Å². The van der Waals surface area contributed by atoms with Crippen molar-refractivity contribution in [2.75, 3.05) is 86.8 Å². The second kappa shape index (κ2) is 28.6. The fraction of sp³-hybridized carbons (Fsp3) is 0.417. The first kappa shape index (κ1) is 51.7. The first-order valence-electron chi connectivity index (χ1n) is 25.1. The predicted molar refractivity (Wildman–Crippen MR) is 283 cm³/mol. The molecule has 2 heterocycles. The number of nitrogens with one attached hydrogen (secondary N) is 1. The van der Waals surface area contributed by atoms with Gasteiger partial charge < -0.3 is 34.2 Å². The van der Waals surface area contributed by atoms with Gasteiger partial charge in [0.25, 0.3) is 5.91 Å². The van der Waals surface area contributed by atoms with E-state index in [4.69, 9.17) is 14.2 Å². The van der Waals surface area contributed by atoms with Crippen LogP contribution in [0.25, 0.3) is 12.2 Å². The molecule has 2 fully saturated rings. The van der Waals surface area contributed by atoms with E-state index in [1.165, 1.54) is 80.4 Å². The van der Waals surface area contributed by atoms with E-state index >= 15 is 0 Å². The van der Waals surface area contributed by atoms with Crippen molar-refractivity contribution in [2.45, 2.75) is 65.2 Å². The van der Waals surface area contributed by atoms with E-state index in [0.29, 0.717) is 41.8 Å². The van der Waals surface area contributed by atoms with Crippen LogP contribution in [0.15, 0.2) is 145 Å². The first-order chi connectivity index (χ1) is 33.3. The molecular weight excluding hydrogens is 841 g/mol. The van der Waals surface area contributed by atoms with Crippen molar-refractivity contribution in [2.24, 2.45) is 11.8 Å². The lowest BCUT2D eigenvalue weighted by Crippen LogP contribution is -2.39. The second-order valence-electron chi connectivity index (χ2n) is 18.8. The molecule has 0 aliphatic carbocycles. The highest BCUT2D eigenvalue weighted by atomic mass is 16.5. The Balaban J connectivity index is 0.000000244. The molecule has 1 amide bonds.